The average molecular weight is 361 g/mol. The normalized spacial score (nSPS) is 38.5. The first kappa shape index (κ1) is 19.9. The minimum Gasteiger partial charge on any atom is -0.393 e. The van der Waals surface area contributed by atoms with Crippen molar-refractivity contribution in [3.63, 3.8) is 0 Å². The summed E-state index contributed by atoms with van der Waals surface area (Å²) in [6, 6.07) is 0. The maximum Gasteiger partial charge on any atom is 0.0602 e. The van der Waals surface area contributed by atoms with Crippen LogP contribution >= 0.6 is 0 Å². The van der Waals surface area contributed by atoms with Crippen LogP contribution in [-0.2, 0) is 0 Å². The number of hydrogen-bond donors (Lipinski definition) is 3. The molecule has 26 heavy (non-hydrogen) atoms. The highest BCUT2D eigenvalue weighted by Crippen LogP contribution is 2.56. The summed E-state index contributed by atoms with van der Waals surface area (Å²) in [7, 11) is 0. The van der Waals surface area contributed by atoms with Crippen molar-refractivity contribution in [3.8, 4) is 0 Å². The monoisotopic (exact) mass is 360 g/mol. The molecule has 2 saturated carbocycles. The molecule has 3 rings (SSSR count). The lowest BCUT2D eigenvalue weighted by Crippen LogP contribution is -2.31. The summed E-state index contributed by atoms with van der Waals surface area (Å²) in [6.07, 6.45) is 14.5. The lowest BCUT2D eigenvalue weighted by Gasteiger charge is -2.41. The number of allylic oxidation sites excluding steroid dienone is 5. The Hall–Kier alpha value is -0.900. The molecular formula is C23H36O3. The number of rotatable bonds is 4. The van der Waals surface area contributed by atoms with Crippen molar-refractivity contribution in [3.05, 3.63) is 34.9 Å². The van der Waals surface area contributed by atoms with Crippen molar-refractivity contribution < 1.29 is 15.3 Å². The van der Waals surface area contributed by atoms with Gasteiger partial charge in [-0.25, -0.2) is 0 Å². The molecule has 0 amide bonds. The summed E-state index contributed by atoms with van der Waals surface area (Å²) in [6.45, 7) is 6.20. The van der Waals surface area contributed by atoms with Gasteiger partial charge in [-0.3, -0.25) is 0 Å². The van der Waals surface area contributed by atoms with Gasteiger partial charge in [0.15, 0.2) is 0 Å². The molecule has 3 aliphatic rings. The zero-order chi connectivity index (χ0) is 18.9. The Labute approximate surface area is 158 Å². The highest BCUT2D eigenvalue weighted by molar-refractivity contribution is 5.33. The van der Waals surface area contributed by atoms with Crippen LogP contribution in [-0.4, -0.2) is 33.1 Å². The summed E-state index contributed by atoms with van der Waals surface area (Å²) in [5.41, 5.74) is 3.86. The minimum absolute atomic E-state index is 0.236. The highest BCUT2D eigenvalue weighted by Gasteiger charge is 2.44. The van der Waals surface area contributed by atoms with Gasteiger partial charge in [-0.1, -0.05) is 41.9 Å². The van der Waals surface area contributed by atoms with E-state index in [4.69, 9.17) is 0 Å². The van der Waals surface area contributed by atoms with Crippen LogP contribution in [0.5, 0.6) is 0 Å². The second-order valence-corrected chi connectivity index (χ2v) is 9.62. The molecule has 3 heteroatoms. The fourth-order valence-corrected chi connectivity index (χ4v) is 5.26. The third kappa shape index (κ3) is 4.49. The second-order valence-electron chi connectivity index (χ2n) is 9.62. The van der Waals surface area contributed by atoms with Crippen molar-refractivity contribution in [1.29, 1.82) is 0 Å². The Morgan fingerprint density at radius 2 is 1.88 bits per heavy atom. The van der Waals surface area contributed by atoms with E-state index >= 15 is 0 Å². The van der Waals surface area contributed by atoms with E-state index < -0.39 is 17.8 Å². The Balaban J connectivity index is 1.72. The van der Waals surface area contributed by atoms with Crippen LogP contribution in [0.25, 0.3) is 0 Å². The molecule has 0 spiro atoms. The summed E-state index contributed by atoms with van der Waals surface area (Å²) < 4.78 is 0. The van der Waals surface area contributed by atoms with Crippen LogP contribution in [0.3, 0.4) is 0 Å². The zero-order valence-corrected chi connectivity index (χ0v) is 16.7. The van der Waals surface area contributed by atoms with Gasteiger partial charge in [-0.05, 0) is 83.0 Å². The molecular weight excluding hydrogens is 324 g/mol. The Bertz CT molecular complexity index is 595. The Kier molecular flexibility index (Phi) is 5.81. The summed E-state index contributed by atoms with van der Waals surface area (Å²) >= 11 is 0. The standard InChI is InChI=1S/C23H36O3/c1-22(2,26)12-10-18-8-9-21-17(5-4-11-23(18,21)3)7-6-16-13-19(24)15-20(25)14-16/h6-8,19-21,24-26H,4-5,9-15H2,1-3H3/b16-6-,17-7+/t19?,20-,21?,23-/m1/s1. The summed E-state index contributed by atoms with van der Waals surface area (Å²) in [5, 5.41) is 29.9. The fourth-order valence-electron chi connectivity index (χ4n) is 5.26. The van der Waals surface area contributed by atoms with Crippen molar-refractivity contribution >= 4 is 0 Å². The van der Waals surface area contributed by atoms with Crippen molar-refractivity contribution in [2.45, 2.75) is 96.4 Å². The van der Waals surface area contributed by atoms with Gasteiger partial charge in [-0.15, -0.1) is 0 Å². The largest absolute Gasteiger partial charge is 0.393 e. The molecule has 0 aromatic rings. The van der Waals surface area contributed by atoms with Crippen LogP contribution in [0, 0.1) is 11.3 Å². The smallest absolute Gasteiger partial charge is 0.0602 e. The van der Waals surface area contributed by atoms with Crippen molar-refractivity contribution in [1.82, 2.24) is 0 Å². The predicted molar refractivity (Wildman–Crippen MR) is 106 cm³/mol. The topological polar surface area (TPSA) is 60.7 Å². The maximum absolute atomic E-state index is 10.1. The molecule has 0 aromatic heterocycles. The number of fused-ring (bicyclic) bond motifs is 1. The van der Waals surface area contributed by atoms with Crippen LogP contribution < -0.4 is 0 Å². The van der Waals surface area contributed by atoms with Gasteiger partial charge in [0.25, 0.3) is 0 Å². The zero-order valence-electron chi connectivity index (χ0n) is 16.7. The Morgan fingerprint density at radius 1 is 1.19 bits per heavy atom. The maximum atomic E-state index is 10.1. The quantitative estimate of drug-likeness (QED) is 0.650. The van der Waals surface area contributed by atoms with E-state index in [1.165, 1.54) is 29.6 Å². The first-order valence-corrected chi connectivity index (χ1v) is 10.3. The van der Waals surface area contributed by atoms with Gasteiger partial charge in [0.1, 0.15) is 0 Å². The van der Waals surface area contributed by atoms with E-state index in [1.807, 2.05) is 13.8 Å². The summed E-state index contributed by atoms with van der Waals surface area (Å²) in [5.74, 6) is 0.573. The fraction of sp³-hybridized carbons (Fsp3) is 0.739. The number of hydrogen-bond acceptors (Lipinski definition) is 3. The molecule has 0 bridgehead atoms. The highest BCUT2D eigenvalue weighted by atomic mass is 16.3. The lowest BCUT2D eigenvalue weighted by molar-refractivity contribution is 0.0609. The Morgan fingerprint density at radius 3 is 2.54 bits per heavy atom. The van der Waals surface area contributed by atoms with Crippen molar-refractivity contribution in [2.75, 3.05) is 0 Å². The van der Waals surface area contributed by atoms with E-state index in [2.05, 4.69) is 25.2 Å². The van der Waals surface area contributed by atoms with Crippen molar-refractivity contribution in [2.24, 2.45) is 11.3 Å². The molecule has 3 N–H and O–H groups in total. The predicted octanol–water partition coefficient (Wildman–Crippen LogP) is 4.43. The van der Waals surface area contributed by atoms with E-state index in [1.54, 1.807) is 0 Å². The van der Waals surface area contributed by atoms with E-state index in [-0.39, 0.29) is 5.41 Å². The van der Waals surface area contributed by atoms with Gasteiger partial charge >= 0.3 is 0 Å². The first-order valence-electron chi connectivity index (χ1n) is 10.3. The van der Waals surface area contributed by atoms with Gasteiger partial charge in [0.2, 0.25) is 0 Å². The van der Waals surface area contributed by atoms with Crippen LogP contribution in [0.2, 0.25) is 0 Å². The van der Waals surface area contributed by atoms with Gasteiger partial charge in [0.05, 0.1) is 17.8 Å². The van der Waals surface area contributed by atoms with Crippen LogP contribution in [0.4, 0.5) is 0 Å². The minimum atomic E-state index is -0.601. The molecule has 0 saturated heterocycles. The molecule has 0 heterocycles. The summed E-state index contributed by atoms with van der Waals surface area (Å²) in [4.78, 5) is 0. The second kappa shape index (κ2) is 7.61. The van der Waals surface area contributed by atoms with Gasteiger partial charge < -0.3 is 15.3 Å². The number of aliphatic hydroxyl groups excluding tert-OH is 2. The van der Waals surface area contributed by atoms with Gasteiger partial charge in [-0.2, -0.15) is 0 Å². The van der Waals surface area contributed by atoms with E-state index in [0.29, 0.717) is 25.2 Å². The molecule has 2 unspecified atom stereocenters. The molecule has 3 nitrogen and oxygen atoms in total. The average Bonchev–Trinajstić information content (AvgIpc) is 2.86. The molecule has 0 aliphatic heterocycles. The van der Waals surface area contributed by atoms with Gasteiger partial charge in [0, 0.05) is 0 Å². The SMILES string of the molecule is CC(C)(O)CCC1=CCC2/C(=C/C=C3/CC(O)C[C@H](O)C3)CCC[C@]12C. The third-order valence-corrected chi connectivity index (χ3v) is 6.79. The number of aliphatic hydroxyl groups is 3. The van der Waals surface area contributed by atoms with E-state index in [9.17, 15) is 15.3 Å². The molecule has 0 aromatic carbocycles. The van der Waals surface area contributed by atoms with Crippen LogP contribution in [0.15, 0.2) is 34.9 Å². The third-order valence-electron chi connectivity index (χ3n) is 6.79. The first-order chi connectivity index (χ1) is 12.2. The molecule has 4 atom stereocenters. The van der Waals surface area contributed by atoms with Crippen LogP contribution in [0.1, 0.15) is 78.6 Å². The molecule has 146 valence electrons. The lowest BCUT2D eigenvalue weighted by atomic mass is 9.63. The molecule has 0 radical (unpaired) electrons. The van der Waals surface area contributed by atoms with E-state index in [0.717, 1.165) is 25.7 Å². The molecule has 3 aliphatic carbocycles. The molecule has 2 fully saturated rings.